The van der Waals surface area contributed by atoms with Gasteiger partial charge in [0.1, 0.15) is 12.2 Å². The molecule has 1 aliphatic rings. The molecule has 6 nitrogen and oxygen atoms in total. The molecular weight excluding hydrogens is 368 g/mol. The van der Waals surface area contributed by atoms with Crippen LogP contribution in [0.25, 0.3) is 10.9 Å². The first-order valence-corrected chi connectivity index (χ1v) is 9.76. The lowest BCUT2D eigenvalue weighted by molar-refractivity contribution is 0.0223. The molecule has 0 bridgehead atoms. The number of carbonyl (C=O) groups excluding carboxylic acids is 2. The lowest BCUT2D eigenvalue weighted by atomic mass is 10.0. The van der Waals surface area contributed by atoms with E-state index in [1.165, 1.54) is 6.08 Å². The van der Waals surface area contributed by atoms with Gasteiger partial charge in [0.05, 0.1) is 12.1 Å². The van der Waals surface area contributed by atoms with Crippen LogP contribution in [0.15, 0.2) is 43.5 Å². The second-order valence-corrected chi connectivity index (χ2v) is 8.10. The van der Waals surface area contributed by atoms with Crippen LogP contribution in [0.3, 0.4) is 0 Å². The molecule has 154 valence electrons. The molecule has 2 aromatic rings. The van der Waals surface area contributed by atoms with Crippen molar-refractivity contribution in [3.8, 4) is 0 Å². The maximum atomic E-state index is 12.6. The van der Waals surface area contributed by atoms with Gasteiger partial charge in [-0.25, -0.2) is 9.59 Å². The Balaban J connectivity index is 2.00. The molecule has 0 saturated heterocycles. The summed E-state index contributed by atoms with van der Waals surface area (Å²) in [6.45, 7) is 14.9. The number of rotatable bonds is 5. The average molecular weight is 396 g/mol. The van der Waals surface area contributed by atoms with Gasteiger partial charge in [-0.05, 0) is 39.0 Å². The summed E-state index contributed by atoms with van der Waals surface area (Å²) < 4.78 is 12.9. The van der Waals surface area contributed by atoms with Gasteiger partial charge in [-0.3, -0.25) is 0 Å². The van der Waals surface area contributed by atoms with Crippen molar-refractivity contribution in [1.82, 2.24) is 9.47 Å². The summed E-state index contributed by atoms with van der Waals surface area (Å²) >= 11 is 0. The summed E-state index contributed by atoms with van der Waals surface area (Å²) in [5.74, 6) is -0.392. The summed E-state index contributed by atoms with van der Waals surface area (Å²) in [4.78, 5) is 26.6. The van der Waals surface area contributed by atoms with Gasteiger partial charge in [0.25, 0.3) is 0 Å². The summed E-state index contributed by atoms with van der Waals surface area (Å²) in [7, 11) is 0. The fourth-order valence-electron chi connectivity index (χ4n) is 3.61. The highest BCUT2D eigenvalue weighted by atomic mass is 16.6. The van der Waals surface area contributed by atoms with Gasteiger partial charge >= 0.3 is 12.1 Å². The Morgan fingerprint density at radius 2 is 1.97 bits per heavy atom. The van der Waals surface area contributed by atoms with E-state index >= 15 is 0 Å². The van der Waals surface area contributed by atoms with Gasteiger partial charge < -0.3 is 18.9 Å². The van der Waals surface area contributed by atoms with E-state index in [1.54, 1.807) is 11.0 Å². The first kappa shape index (κ1) is 20.7. The normalized spacial score (nSPS) is 13.7. The van der Waals surface area contributed by atoms with Crippen LogP contribution in [0.2, 0.25) is 0 Å². The highest BCUT2D eigenvalue weighted by molar-refractivity contribution is 5.96. The van der Waals surface area contributed by atoms with Gasteiger partial charge in [-0.15, -0.1) is 6.58 Å². The fraction of sp³-hybridized carbons (Fsp3) is 0.391. The number of carbonyl (C=O) groups is 2. The summed E-state index contributed by atoms with van der Waals surface area (Å²) in [6.07, 6.45) is 3.78. The molecule has 1 aliphatic heterocycles. The molecule has 0 saturated carbocycles. The number of aromatic nitrogens is 1. The third-order valence-electron chi connectivity index (χ3n) is 4.79. The molecular formula is C23H28N2O4. The summed E-state index contributed by atoms with van der Waals surface area (Å²) in [5.41, 5.74) is 3.15. The fourth-order valence-corrected chi connectivity index (χ4v) is 3.61. The van der Waals surface area contributed by atoms with E-state index < -0.39 is 11.6 Å². The molecule has 0 unspecified atom stereocenters. The molecule has 6 heteroatoms. The van der Waals surface area contributed by atoms with Crippen LogP contribution in [-0.2, 0) is 29.0 Å². The Hall–Kier alpha value is -3.02. The molecule has 29 heavy (non-hydrogen) atoms. The Bertz CT molecular complexity index is 965. The van der Waals surface area contributed by atoms with Crippen LogP contribution >= 0.6 is 0 Å². The van der Waals surface area contributed by atoms with Crippen LogP contribution in [0, 0.1) is 0 Å². The van der Waals surface area contributed by atoms with Crippen LogP contribution in [0.4, 0.5) is 4.79 Å². The van der Waals surface area contributed by atoms with E-state index in [2.05, 4.69) is 17.7 Å². The minimum absolute atomic E-state index is 0.166. The largest absolute Gasteiger partial charge is 0.458 e. The maximum Gasteiger partial charge on any atom is 0.410 e. The third-order valence-corrected chi connectivity index (χ3v) is 4.79. The smallest absolute Gasteiger partial charge is 0.410 e. The number of nitrogens with zero attached hydrogens (tertiary/aromatic N) is 2. The molecule has 1 amide bonds. The number of amides is 1. The van der Waals surface area contributed by atoms with Crippen LogP contribution < -0.4 is 0 Å². The zero-order valence-electron chi connectivity index (χ0n) is 17.4. The van der Waals surface area contributed by atoms with E-state index in [1.807, 2.05) is 39.0 Å². The van der Waals surface area contributed by atoms with Crippen molar-refractivity contribution >= 4 is 23.0 Å². The number of hydrogen-bond donors (Lipinski definition) is 0. The predicted octanol–water partition coefficient (Wildman–Crippen LogP) is 4.46. The maximum absolute atomic E-state index is 12.6. The summed E-state index contributed by atoms with van der Waals surface area (Å²) in [5, 5.41) is 0.947. The van der Waals surface area contributed by atoms with Gasteiger partial charge in [-0.1, -0.05) is 18.7 Å². The minimum Gasteiger partial charge on any atom is -0.458 e. The molecule has 2 heterocycles. The van der Waals surface area contributed by atoms with E-state index in [-0.39, 0.29) is 12.7 Å². The van der Waals surface area contributed by atoms with Gasteiger partial charge in [-0.2, -0.15) is 0 Å². The zero-order chi connectivity index (χ0) is 21.2. The SMILES string of the molecule is C=CCOC(=O)c1ccc2c(c1)c1c(n2CC=C)CCN(C(=O)OC(C)(C)C)C1. The third kappa shape index (κ3) is 4.36. The molecule has 1 aromatic carbocycles. The Morgan fingerprint density at radius 3 is 2.62 bits per heavy atom. The van der Waals surface area contributed by atoms with Gasteiger partial charge in [0.2, 0.25) is 0 Å². The lowest BCUT2D eigenvalue weighted by Crippen LogP contribution is -2.40. The predicted molar refractivity (Wildman–Crippen MR) is 113 cm³/mol. The van der Waals surface area contributed by atoms with Crippen molar-refractivity contribution in [1.29, 1.82) is 0 Å². The highest BCUT2D eigenvalue weighted by Crippen LogP contribution is 2.32. The number of ether oxygens (including phenoxy) is 2. The zero-order valence-corrected chi connectivity index (χ0v) is 17.4. The second kappa shape index (κ2) is 8.15. The Labute approximate surface area is 171 Å². The number of allylic oxidation sites excluding steroid dienone is 1. The van der Waals surface area contributed by atoms with Gasteiger partial charge in [0.15, 0.2) is 0 Å². The molecule has 0 spiro atoms. The van der Waals surface area contributed by atoms with Crippen LogP contribution in [0.1, 0.15) is 42.4 Å². The quantitative estimate of drug-likeness (QED) is 0.553. The first-order valence-electron chi connectivity index (χ1n) is 9.76. The van der Waals surface area contributed by atoms with Crippen LogP contribution in [0.5, 0.6) is 0 Å². The molecule has 0 radical (unpaired) electrons. The van der Waals surface area contributed by atoms with Crippen LogP contribution in [-0.4, -0.2) is 40.3 Å². The highest BCUT2D eigenvalue weighted by Gasteiger charge is 2.29. The molecule has 1 aromatic heterocycles. The van der Waals surface area contributed by atoms with Crippen molar-refractivity contribution in [3.63, 3.8) is 0 Å². The number of benzene rings is 1. The molecule has 0 atom stereocenters. The number of hydrogen-bond acceptors (Lipinski definition) is 4. The minimum atomic E-state index is -0.545. The number of fused-ring (bicyclic) bond motifs is 3. The second-order valence-electron chi connectivity index (χ2n) is 8.10. The lowest BCUT2D eigenvalue weighted by Gasteiger charge is -2.30. The van der Waals surface area contributed by atoms with Crippen molar-refractivity contribution < 1.29 is 19.1 Å². The van der Waals surface area contributed by atoms with E-state index in [0.717, 1.165) is 22.2 Å². The van der Waals surface area contributed by atoms with E-state index in [0.29, 0.717) is 31.6 Å². The van der Waals surface area contributed by atoms with Crippen molar-refractivity contribution in [2.75, 3.05) is 13.2 Å². The summed E-state index contributed by atoms with van der Waals surface area (Å²) in [6, 6.07) is 5.54. The first-order chi connectivity index (χ1) is 13.7. The molecule has 0 aliphatic carbocycles. The standard InChI is InChI=1S/C23H28N2O4/c1-6-11-25-19-9-8-16(21(26)28-13-7-2)14-17(19)18-15-24(12-10-20(18)25)22(27)29-23(3,4)5/h6-9,14H,1-2,10-13,15H2,3-5H3. The van der Waals surface area contributed by atoms with E-state index in [9.17, 15) is 9.59 Å². The Kier molecular flexibility index (Phi) is 5.82. The Morgan fingerprint density at radius 1 is 1.21 bits per heavy atom. The number of esters is 1. The average Bonchev–Trinajstić information content (AvgIpc) is 2.97. The molecule has 0 N–H and O–H groups in total. The van der Waals surface area contributed by atoms with Gasteiger partial charge in [0, 0.05) is 41.7 Å². The topological polar surface area (TPSA) is 60.8 Å². The van der Waals surface area contributed by atoms with Crippen molar-refractivity contribution in [2.24, 2.45) is 0 Å². The van der Waals surface area contributed by atoms with Crippen molar-refractivity contribution in [2.45, 2.75) is 45.9 Å². The monoisotopic (exact) mass is 396 g/mol. The van der Waals surface area contributed by atoms with E-state index in [4.69, 9.17) is 9.47 Å². The molecule has 3 rings (SSSR count). The van der Waals surface area contributed by atoms with Crippen molar-refractivity contribution in [3.05, 3.63) is 60.3 Å². The molecule has 0 fully saturated rings.